The first kappa shape index (κ1) is 22.1. The molecule has 2 heterocycles. The molecule has 1 atom stereocenters. The predicted octanol–water partition coefficient (Wildman–Crippen LogP) is 3.12. The van der Waals surface area contributed by atoms with Gasteiger partial charge in [-0.1, -0.05) is 30.3 Å². The van der Waals surface area contributed by atoms with Gasteiger partial charge < -0.3 is 19.7 Å². The Labute approximate surface area is 194 Å². The quantitative estimate of drug-likeness (QED) is 0.577. The van der Waals surface area contributed by atoms with E-state index in [9.17, 15) is 24.6 Å². The summed E-state index contributed by atoms with van der Waals surface area (Å²) in [6.45, 7) is 1.69. The maximum Gasteiger partial charge on any atom is 0.341 e. The van der Waals surface area contributed by atoms with Crippen molar-refractivity contribution in [1.82, 2.24) is 9.47 Å². The lowest BCUT2D eigenvalue weighted by Crippen LogP contribution is -2.49. The second-order valence-corrected chi connectivity index (χ2v) is 8.81. The van der Waals surface area contributed by atoms with Gasteiger partial charge in [-0.3, -0.25) is 14.5 Å². The predicted molar refractivity (Wildman–Crippen MR) is 124 cm³/mol. The molecule has 1 saturated carbocycles. The lowest BCUT2D eigenvalue weighted by atomic mass is 10.0. The zero-order chi connectivity index (χ0) is 24.0. The van der Waals surface area contributed by atoms with Gasteiger partial charge in [0.15, 0.2) is 0 Å². The summed E-state index contributed by atoms with van der Waals surface area (Å²) in [5, 5.41) is 19.3. The lowest BCUT2D eigenvalue weighted by Gasteiger charge is -2.39. The van der Waals surface area contributed by atoms with Gasteiger partial charge in [-0.25, -0.2) is 9.18 Å². The molecule has 1 unspecified atom stereocenters. The first-order valence-electron chi connectivity index (χ1n) is 11.2. The second-order valence-electron chi connectivity index (χ2n) is 8.81. The van der Waals surface area contributed by atoms with Gasteiger partial charge in [0.2, 0.25) is 5.43 Å². The Bertz CT molecular complexity index is 1330. The van der Waals surface area contributed by atoms with Gasteiger partial charge in [-0.15, -0.1) is 0 Å². The van der Waals surface area contributed by atoms with Crippen LogP contribution in [-0.4, -0.2) is 57.8 Å². The van der Waals surface area contributed by atoms with Crippen molar-refractivity contribution < 1.29 is 24.2 Å². The van der Waals surface area contributed by atoms with Crippen molar-refractivity contribution in [3.63, 3.8) is 0 Å². The average molecular weight is 465 g/mol. The van der Waals surface area contributed by atoms with E-state index in [1.807, 2.05) is 15.9 Å². The Hall–Kier alpha value is -3.72. The molecule has 1 aliphatic heterocycles. The molecule has 0 spiro atoms. The minimum atomic E-state index is -1.33. The van der Waals surface area contributed by atoms with Gasteiger partial charge in [-0.2, -0.15) is 0 Å². The monoisotopic (exact) mass is 465 g/mol. The maximum absolute atomic E-state index is 15.2. The summed E-state index contributed by atoms with van der Waals surface area (Å²) in [5.41, 5.74) is 0.491. The number of piperazine rings is 1. The summed E-state index contributed by atoms with van der Waals surface area (Å²) in [6.07, 6.45) is 3.11. The highest BCUT2D eigenvalue weighted by Gasteiger charge is 2.32. The van der Waals surface area contributed by atoms with Crippen molar-refractivity contribution in [2.24, 2.45) is 0 Å². The lowest BCUT2D eigenvalue weighted by molar-refractivity contribution is -0.143. The highest BCUT2D eigenvalue weighted by atomic mass is 19.1. The van der Waals surface area contributed by atoms with Gasteiger partial charge in [0.05, 0.1) is 11.2 Å². The molecule has 1 saturated heterocycles. The molecule has 1 aromatic heterocycles. The van der Waals surface area contributed by atoms with Crippen molar-refractivity contribution in [3.8, 4) is 0 Å². The highest BCUT2D eigenvalue weighted by Crippen LogP contribution is 2.38. The van der Waals surface area contributed by atoms with Crippen molar-refractivity contribution in [2.75, 3.05) is 31.1 Å². The Morgan fingerprint density at radius 3 is 2.26 bits per heavy atom. The van der Waals surface area contributed by atoms with E-state index in [-0.39, 0.29) is 17.0 Å². The van der Waals surface area contributed by atoms with Gasteiger partial charge in [-0.05, 0) is 30.5 Å². The smallest absolute Gasteiger partial charge is 0.341 e. The highest BCUT2D eigenvalue weighted by molar-refractivity contribution is 5.93. The average Bonchev–Trinajstić information content (AvgIpc) is 3.66. The second kappa shape index (κ2) is 8.57. The summed E-state index contributed by atoms with van der Waals surface area (Å²) >= 11 is 0. The van der Waals surface area contributed by atoms with Crippen LogP contribution in [0.3, 0.4) is 0 Å². The molecule has 0 bridgehead atoms. The number of carboxylic acids is 2. The fraction of sp³-hybridized carbons (Fsp3) is 0.320. The van der Waals surface area contributed by atoms with Crippen LogP contribution in [0, 0.1) is 5.82 Å². The third-order valence-electron chi connectivity index (χ3n) is 6.64. The van der Waals surface area contributed by atoms with E-state index in [4.69, 9.17) is 0 Å². The zero-order valence-electron chi connectivity index (χ0n) is 18.4. The van der Waals surface area contributed by atoms with Gasteiger partial charge in [0.1, 0.15) is 17.4 Å². The Morgan fingerprint density at radius 1 is 1.00 bits per heavy atom. The van der Waals surface area contributed by atoms with Crippen molar-refractivity contribution in [3.05, 3.63) is 75.8 Å². The molecule has 8 nitrogen and oxygen atoms in total. The minimum absolute atomic E-state index is 0.0571. The fourth-order valence-electron chi connectivity index (χ4n) is 4.77. The van der Waals surface area contributed by atoms with Crippen LogP contribution >= 0.6 is 0 Å². The number of aromatic nitrogens is 1. The number of carbonyl (C=O) groups is 2. The molecule has 0 amide bonds. The number of aromatic carboxylic acids is 1. The Morgan fingerprint density at radius 2 is 1.68 bits per heavy atom. The number of fused-ring (bicyclic) bond motifs is 1. The summed E-state index contributed by atoms with van der Waals surface area (Å²) in [6, 6.07) is 11.1. The first-order valence-corrected chi connectivity index (χ1v) is 11.2. The standard InChI is InChI=1S/C25H24FN3O5/c26-19-12-17-20(29(16-6-7-16)14-18(23(17)30)24(31)32)13-21(19)27-8-10-28(11-9-27)22(25(33)34)15-4-2-1-3-5-15/h1-5,12-14,16,22H,6-11H2,(H,31,32)(H,33,34). The number of benzene rings is 2. The number of pyridine rings is 1. The van der Waals surface area contributed by atoms with Crippen LogP contribution in [0.2, 0.25) is 0 Å². The van der Waals surface area contributed by atoms with Gasteiger partial charge >= 0.3 is 11.9 Å². The van der Waals surface area contributed by atoms with E-state index in [2.05, 4.69) is 0 Å². The normalized spacial score (nSPS) is 17.6. The number of halogens is 1. The minimum Gasteiger partial charge on any atom is -0.480 e. The summed E-state index contributed by atoms with van der Waals surface area (Å²) in [5.74, 6) is -2.85. The molecule has 2 aliphatic rings. The van der Waals surface area contributed by atoms with Crippen LogP contribution in [0.15, 0.2) is 53.5 Å². The molecule has 34 heavy (non-hydrogen) atoms. The number of hydrogen-bond acceptors (Lipinski definition) is 5. The maximum atomic E-state index is 15.2. The number of carboxylic acid groups (broad SMARTS) is 2. The Balaban J connectivity index is 1.45. The molecule has 9 heteroatoms. The summed E-state index contributed by atoms with van der Waals surface area (Å²) in [7, 11) is 0. The fourth-order valence-corrected chi connectivity index (χ4v) is 4.77. The number of hydrogen-bond donors (Lipinski definition) is 2. The van der Waals surface area contributed by atoms with Gasteiger partial charge in [0, 0.05) is 43.8 Å². The molecule has 2 aromatic carbocycles. The number of nitrogens with zero attached hydrogens (tertiary/aromatic N) is 3. The molecule has 3 aromatic rings. The number of aliphatic carboxylic acids is 1. The van der Waals surface area contributed by atoms with E-state index >= 15 is 4.39 Å². The third-order valence-corrected chi connectivity index (χ3v) is 6.64. The molecule has 5 rings (SSSR count). The molecule has 176 valence electrons. The summed E-state index contributed by atoms with van der Waals surface area (Å²) in [4.78, 5) is 39.9. The van der Waals surface area contributed by atoms with Crippen LogP contribution < -0.4 is 10.3 Å². The topological polar surface area (TPSA) is 103 Å². The molecular weight excluding hydrogens is 441 g/mol. The SMILES string of the molecule is O=C(O)c1cn(C2CC2)c2cc(N3CCN(C(C(=O)O)c4ccccc4)CC3)c(F)cc2c1=O. The van der Waals surface area contributed by atoms with E-state index in [0.717, 1.165) is 18.9 Å². The molecule has 2 fully saturated rings. The van der Waals surface area contributed by atoms with E-state index in [1.165, 1.54) is 6.20 Å². The third kappa shape index (κ3) is 3.92. The van der Waals surface area contributed by atoms with E-state index in [0.29, 0.717) is 42.9 Å². The summed E-state index contributed by atoms with van der Waals surface area (Å²) < 4.78 is 16.9. The van der Waals surface area contributed by atoms with E-state index < -0.39 is 29.2 Å². The van der Waals surface area contributed by atoms with E-state index in [1.54, 1.807) is 34.9 Å². The first-order chi connectivity index (χ1) is 16.3. The van der Waals surface area contributed by atoms with Crippen LogP contribution in [0.1, 0.15) is 40.8 Å². The van der Waals surface area contributed by atoms with Crippen LogP contribution in [0.25, 0.3) is 10.9 Å². The van der Waals surface area contributed by atoms with Crippen LogP contribution in [0.5, 0.6) is 0 Å². The zero-order valence-corrected chi connectivity index (χ0v) is 18.4. The van der Waals surface area contributed by atoms with Crippen molar-refractivity contribution in [2.45, 2.75) is 24.9 Å². The Kier molecular flexibility index (Phi) is 5.57. The molecule has 0 radical (unpaired) electrons. The molecule has 1 aliphatic carbocycles. The van der Waals surface area contributed by atoms with Crippen molar-refractivity contribution >= 4 is 28.5 Å². The molecular formula is C25H24FN3O5. The largest absolute Gasteiger partial charge is 0.480 e. The molecule has 2 N–H and O–H groups in total. The van der Waals surface area contributed by atoms with Crippen LogP contribution in [0.4, 0.5) is 10.1 Å². The van der Waals surface area contributed by atoms with Crippen LogP contribution in [-0.2, 0) is 4.79 Å². The number of rotatable bonds is 6. The van der Waals surface area contributed by atoms with Crippen molar-refractivity contribution in [1.29, 1.82) is 0 Å². The number of anilines is 1. The van der Waals surface area contributed by atoms with Gasteiger partial charge in [0.25, 0.3) is 0 Å².